The number of hydrogen-bond acceptors (Lipinski definition) is 1. The highest BCUT2D eigenvalue weighted by Gasteiger charge is 2.11. The van der Waals surface area contributed by atoms with Crippen LogP contribution >= 0.6 is 0 Å². The Bertz CT molecular complexity index is 370. The van der Waals surface area contributed by atoms with Gasteiger partial charge in [-0.3, -0.25) is 0 Å². The fourth-order valence-electron chi connectivity index (χ4n) is 2.07. The van der Waals surface area contributed by atoms with E-state index in [1.807, 2.05) is 0 Å². The second kappa shape index (κ2) is 8.20. The summed E-state index contributed by atoms with van der Waals surface area (Å²) >= 11 is 0. The first-order valence-electron chi connectivity index (χ1n) is 6.92. The van der Waals surface area contributed by atoms with Crippen molar-refractivity contribution in [1.82, 2.24) is 5.32 Å². The number of hydrogen-bond donors (Lipinski definition) is 1. The number of unbranched alkanes of at least 4 members (excludes halogenated alkanes) is 1. The van der Waals surface area contributed by atoms with Gasteiger partial charge in [-0.1, -0.05) is 33.1 Å². The lowest BCUT2D eigenvalue weighted by atomic mass is 9.99. The van der Waals surface area contributed by atoms with Gasteiger partial charge in [0.05, 0.1) is 0 Å². The molecule has 0 spiro atoms. The van der Waals surface area contributed by atoms with Gasteiger partial charge >= 0.3 is 0 Å². The molecule has 0 aromatic heterocycles. The van der Waals surface area contributed by atoms with Gasteiger partial charge in [0.15, 0.2) is 17.5 Å². The van der Waals surface area contributed by atoms with E-state index in [1.54, 1.807) is 0 Å². The van der Waals surface area contributed by atoms with Crippen LogP contribution < -0.4 is 5.32 Å². The minimum absolute atomic E-state index is 0.358. The van der Waals surface area contributed by atoms with E-state index in [9.17, 15) is 13.2 Å². The van der Waals surface area contributed by atoms with E-state index >= 15 is 0 Å². The zero-order chi connectivity index (χ0) is 14.3. The maximum Gasteiger partial charge on any atom is 0.194 e. The number of nitrogens with one attached hydrogen (secondary N) is 1. The van der Waals surface area contributed by atoms with Crippen molar-refractivity contribution in [2.24, 2.45) is 5.92 Å². The Morgan fingerprint density at radius 2 is 1.74 bits per heavy atom. The van der Waals surface area contributed by atoms with E-state index in [4.69, 9.17) is 0 Å². The molecule has 0 amide bonds. The molecule has 0 bridgehead atoms. The van der Waals surface area contributed by atoms with Crippen LogP contribution in [0.25, 0.3) is 0 Å². The average Bonchev–Trinajstić information content (AvgIpc) is 2.39. The third-order valence-electron chi connectivity index (χ3n) is 3.35. The summed E-state index contributed by atoms with van der Waals surface area (Å²) in [6.45, 7) is 5.47. The molecule has 0 aliphatic carbocycles. The highest BCUT2D eigenvalue weighted by Crippen LogP contribution is 2.14. The summed E-state index contributed by atoms with van der Waals surface area (Å²) in [5.41, 5.74) is 0.432. The number of rotatable bonds is 8. The molecule has 19 heavy (non-hydrogen) atoms. The predicted molar refractivity (Wildman–Crippen MR) is 71.3 cm³/mol. The molecule has 0 heterocycles. The van der Waals surface area contributed by atoms with Crippen LogP contribution in [0.1, 0.15) is 45.1 Å². The molecule has 1 unspecified atom stereocenters. The summed E-state index contributed by atoms with van der Waals surface area (Å²) < 4.78 is 38.8. The van der Waals surface area contributed by atoms with Crippen molar-refractivity contribution >= 4 is 0 Å². The maximum absolute atomic E-state index is 13.0. The molecule has 0 saturated heterocycles. The van der Waals surface area contributed by atoms with Crippen LogP contribution in [0, 0.1) is 23.4 Å². The zero-order valence-corrected chi connectivity index (χ0v) is 11.6. The summed E-state index contributed by atoms with van der Waals surface area (Å²) in [6.07, 6.45) is 4.61. The van der Waals surface area contributed by atoms with Gasteiger partial charge in [0.1, 0.15) is 0 Å². The standard InChI is InChI=1S/C15H22F3N/c1-3-5-6-11(4-2)9-19-10-12-7-13(16)15(18)14(17)8-12/h7-8,11,19H,3-6,9-10H2,1-2H3. The summed E-state index contributed by atoms with van der Waals surface area (Å²) in [7, 11) is 0. The van der Waals surface area contributed by atoms with Crippen molar-refractivity contribution in [3.63, 3.8) is 0 Å². The average molecular weight is 273 g/mol. The molecule has 0 radical (unpaired) electrons. The Balaban J connectivity index is 2.44. The summed E-state index contributed by atoms with van der Waals surface area (Å²) in [5, 5.41) is 3.18. The van der Waals surface area contributed by atoms with Gasteiger partial charge in [-0.25, -0.2) is 13.2 Å². The van der Waals surface area contributed by atoms with Crippen molar-refractivity contribution in [2.75, 3.05) is 6.54 Å². The van der Waals surface area contributed by atoms with Crippen LogP contribution in [0.2, 0.25) is 0 Å². The lowest BCUT2D eigenvalue weighted by Gasteiger charge is -2.15. The van der Waals surface area contributed by atoms with Crippen LogP contribution in [0.4, 0.5) is 13.2 Å². The van der Waals surface area contributed by atoms with Crippen molar-refractivity contribution in [1.29, 1.82) is 0 Å². The summed E-state index contributed by atoms with van der Waals surface area (Å²) in [6, 6.07) is 2.08. The Hall–Kier alpha value is -1.03. The highest BCUT2D eigenvalue weighted by atomic mass is 19.2. The molecule has 0 saturated carbocycles. The summed E-state index contributed by atoms with van der Waals surface area (Å²) in [5.74, 6) is -3.09. The van der Waals surface area contributed by atoms with Crippen LogP contribution in [0.3, 0.4) is 0 Å². The van der Waals surface area contributed by atoms with Gasteiger partial charge < -0.3 is 5.32 Å². The Morgan fingerprint density at radius 3 is 2.26 bits per heavy atom. The fourth-order valence-corrected chi connectivity index (χ4v) is 2.07. The first-order chi connectivity index (χ1) is 9.08. The lowest BCUT2D eigenvalue weighted by molar-refractivity contribution is 0.416. The molecule has 4 heteroatoms. The Morgan fingerprint density at radius 1 is 1.11 bits per heavy atom. The third-order valence-corrected chi connectivity index (χ3v) is 3.35. The first kappa shape index (κ1) is 16.0. The molecule has 1 aromatic carbocycles. The predicted octanol–water partition coefficient (Wildman–Crippen LogP) is 4.41. The lowest BCUT2D eigenvalue weighted by Crippen LogP contribution is -2.22. The van der Waals surface area contributed by atoms with E-state index in [-0.39, 0.29) is 0 Å². The topological polar surface area (TPSA) is 12.0 Å². The SMILES string of the molecule is CCCCC(CC)CNCc1cc(F)c(F)c(F)c1. The highest BCUT2D eigenvalue weighted by molar-refractivity contribution is 5.19. The second-order valence-electron chi connectivity index (χ2n) is 4.92. The van der Waals surface area contributed by atoms with Crippen LogP contribution in [-0.4, -0.2) is 6.54 Å². The van der Waals surface area contributed by atoms with E-state index in [0.717, 1.165) is 31.5 Å². The van der Waals surface area contributed by atoms with E-state index in [2.05, 4.69) is 19.2 Å². The van der Waals surface area contributed by atoms with Crippen LogP contribution in [-0.2, 0) is 6.54 Å². The minimum Gasteiger partial charge on any atom is -0.312 e. The molecule has 1 rings (SSSR count). The normalized spacial score (nSPS) is 12.7. The smallest absolute Gasteiger partial charge is 0.194 e. The third kappa shape index (κ3) is 5.23. The second-order valence-corrected chi connectivity index (χ2v) is 4.92. The molecular weight excluding hydrogens is 251 g/mol. The van der Waals surface area contributed by atoms with Crippen molar-refractivity contribution < 1.29 is 13.2 Å². The van der Waals surface area contributed by atoms with E-state index in [0.29, 0.717) is 18.0 Å². The number of halogens is 3. The van der Waals surface area contributed by atoms with Gasteiger partial charge in [-0.15, -0.1) is 0 Å². The maximum atomic E-state index is 13.0. The molecule has 1 atom stereocenters. The molecule has 0 aliphatic rings. The largest absolute Gasteiger partial charge is 0.312 e. The molecular formula is C15H22F3N. The molecule has 0 aliphatic heterocycles. The summed E-state index contributed by atoms with van der Waals surface area (Å²) in [4.78, 5) is 0. The molecule has 108 valence electrons. The van der Waals surface area contributed by atoms with Gasteiger partial charge in [0.25, 0.3) is 0 Å². The Kier molecular flexibility index (Phi) is 6.92. The van der Waals surface area contributed by atoms with Crippen molar-refractivity contribution in [3.05, 3.63) is 35.1 Å². The Labute approximate surface area is 113 Å². The monoisotopic (exact) mass is 273 g/mol. The molecule has 1 N–H and O–H groups in total. The van der Waals surface area contributed by atoms with Gasteiger partial charge in [0, 0.05) is 6.54 Å². The van der Waals surface area contributed by atoms with E-state index < -0.39 is 17.5 Å². The minimum atomic E-state index is -1.40. The molecule has 0 fully saturated rings. The van der Waals surface area contributed by atoms with E-state index in [1.165, 1.54) is 12.8 Å². The van der Waals surface area contributed by atoms with Gasteiger partial charge in [-0.05, 0) is 36.6 Å². The van der Waals surface area contributed by atoms with Crippen molar-refractivity contribution in [2.45, 2.75) is 46.1 Å². The van der Waals surface area contributed by atoms with Gasteiger partial charge in [-0.2, -0.15) is 0 Å². The van der Waals surface area contributed by atoms with Crippen LogP contribution in [0.15, 0.2) is 12.1 Å². The van der Waals surface area contributed by atoms with Gasteiger partial charge in [0.2, 0.25) is 0 Å². The first-order valence-corrected chi connectivity index (χ1v) is 6.92. The van der Waals surface area contributed by atoms with Crippen molar-refractivity contribution in [3.8, 4) is 0 Å². The fraction of sp³-hybridized carbons (Fsp3) is 0.600. The molecule has 1 nitrogen and oxygen atoms in total. The quantitative estimate of drug-likeness (QED) is 0.692. The number of benzene rings is 1. The van der Waals surface area contributed by atoms with Crippen LogP contribution in [0.5, 0.6) is 0 Å². The molecule has 1 aromatic rings. The zero-order valence-electron chi connectivity index (χ0n) is 11.6.